The van der Waals surface area contributed by atoms with Crippen molar-refractivity contribution in [3.63, 3.8) is 0 Å². The highest BCUT2D eigenvalue weighted by atomic mass is 79.9. The van der Waals surface area contributed by atoms with Gasteiger partial charge < -0.3 is 15.0 Å². The van der Waals surface area contributed by atoms with Gasteiger partial charge in [-0.3, -0.25) is 9.59 Å². The fourth-order valence-corrected chi connectivity index (χ4v) is 4.00. The van der Waals surface area contributed by atoms with Crippen LogP contribution in [0.5, 0.6) is 5.75 Å². The monoisotopic (exact) mass is 556 g/mol. The number of halogens is 3. The highest BCUT2D eigenvalue weighted by Crippen LogP contribution is 2.29. The Labute approximate surface area is 214 Å². The van der Waals surface area contributed by atoms with Crippen LogP contribution in [0.25, 0.3) is 0 Å². The molecule has 2 aromatic rings. The first-order valence-electron chi connectivity index (χ1n) is 11.1. The Kier molecular flexibility index (Phi) is 11.0. The van der Waals surface area contributed by atoms with Gasteiger partial charge in [0.25, 0.3) is 5.91 Å². The molecule has 33 heavy (non-hydrogen) atoms. The van der Waals surface area contributed by atoms with E-state index in [2.05, 4.69) is 42.0 Å². The topological polar surface area (TPSA) is 58.6 Å². The van der Waals surface area contributed by atoms with Gasteiger partial charge in [-0.25, -0.2) is 0 Å². The number of amides is 2. The lowest BCUT2D eigenvalue weighted by atomic mass is 10.0. The summed E-state index contributed by atoms with van der Waals surface area (Å²) in [5.41, 5.74) is 1.94. The molecule has 8 heteroatoms. The maximum atomic E-state index is 13.2. The number of hydrogen-bond acceptors (Lipinski definition) is 3. The summed E-state index contributed by atoms with van der Waals surface area (Å²) in [4.78, 5) is 27.4. The van der Waals surface area contributed by atoms with Crippen LogP contribution in [0, 0.1) is 0 Å². The zero-order chi connectivity index (χ0) is 24.5. The minimum atomic E-state index is -0.681. The van der Waals surface area contributed by atoms with E-state index in [4.69, 9.17) is 27.9 Å². The number of carbonyl (C=O) groups excluding carboxylic acids is 2. The highest BCUT2D eigenvalue weighted by Gasteiger charge is 2.26. The average molecular weight is 558 g/mol. The molecule has 2 aromatic carbocycles. The molecule has 180 valence electrons. The lowest BCUT2D eigenvalue weighted by Crippen LogP contribution is -2.49. The van der Waals surface area contributed by atoms with E-state index < -0.39 is 6.04 Å². The van der Waals surface area contributed by atoms with E-state index in [-0.39, 0.29) is 25.0 Å². The minimum absolute atomic E-state index is 0.201. The lowest BCUT2D eigenvalue weighted by Gasteiger charge is -2.29. The van der Waals surface area contributed by atoms with Crippen molar-refractivity contribution in [2.75, 3.05) is 13.2 Å². The van der Waals surface area contributed by atoms with Gasteiger partial charge in [-0.1, -0.05) is 62.5 Å². The van der Waals surface area contributed by atoms with Crippen molar-refractivity contribution in [3.05, 3.63) is 62.0 Å². The Bertz CT molecular complexity index is 969. The molecule has 0 aliphatic rings. The second-order valence-electron chi connectivity index (χ2n) is 8.22. The van der Waals surface area contributed by atoms with Crippen LogP contribution in [0.1, 0.15) is 57.6 Å². The number of benzene rings is 2. The predicted octanol–water partition coefficient (Wildman–Crippen LogP) is 6.59. The van der Waals surface area contributed by atoms with Crippen molar-refractivity contribution in [1.29, 1.82) is 0 Å². The molecule has 0 bridgehead atoms. The van der Waals surface area contributed by atoms with E-state index in [1.807, 2.05) is 18.2 Å². The molecule has 2 amide bonds. The van der Waals surface area contributed by atoms with Crippen molar-refractivity contribution < 1.29 is 14.3 Å². The summed E-state index contributed by atoms with van der Waals surface area (Å²) in [6, 6.07) is 10.3. The van der Waals surface area contributed by atoms with Crippen LogP contribution in [0.2, 0.25) is 10.0 Å². The molecule has 0 radical (unpaired) electrons. The van der Waals surface area contributed by atoms with E-state index in [9.17, 15) is 9.59 Å². The first-order chi connectivity index (χ1) is 15.6. The number of nitrogens with one attached hydrogen (secondary N) is 1. The summed E-state index contributed by atoms with van der Waals surface area (Å²) >= 11 is 15.7. The fourth-order valence-electron chi connectivity index (χ4n) is 3.17. The maximum absolute atomic E-state index is 13.2. The molecule has 0 unspecified atom stereocenters. The van der Waals surface area contributed by atoms with Gasteiger partial charge in [-0.05, 0) is 70.6 Å². The molecule has 1 atom stereocenters. The van der Waals surface area contributed by atoms with Crippen LogP contribution in [-0.4, -0.2) is 35.9 Å². The second kappa shape index (κ2) is 13.2. The third kappa shape index (κ3) is 8.20. The number of ether oxygens (including phenoxy) is 1. The molecule has 1 N–H and O–H groups in total. The van der Waals surface area contributed by atoms with Gasteiger partial charge in [-0.2, -0.15) is 0 Å². The first kappa shape index (κ1) is 27.5. The molecule has 0 saturated carbocycles. The van der Waals surface area contributed by atoms with Crippen molar-refractivity contribution in [2.45, 2.75) is 59.0 Å². The van der Waals surface area contributed by atoms with Crippen LogP contribution in [0.3, 0.4) is 0 Å². The molecular formula is C25H31BrCl2N2O3. The summed E-state index contributed by atoms with van der Waals surface area (Å²) in [6.07, 6.45) is 1.85. The average Bonchev–Trinajstić information content (AvgIpc) is 2.78. The van der Waals surface area contributed by atoms with Gasteiger partial charge in [0.1, 0.15) is 11.8 Å². The van der Waals surface area contributed by atoms with Crippen molar-refractivity contribution in [3.8, 4) is 5.75 Å². The van der Waals surface area contributed by atoms with Crippen LogP contribution < -0.4 is 10.1 Å². The minimum Gasteiger partial charge on any atom is -0.483 e. The molecule has 2 rings (SSSR count). The molecule has 0 fully saturated rings. The Morgan fingerprint density at radius 2 is 1.82 bits per heavy atom. The first-order valence-corrected chi connectivity index (χ1v) is 12.6. The van der Waals surface area contributed by atoms with Gasteiger partial charge in [-0.15, -0.1) is 0 Å². The molecule has 0 saturated heterocycles. The summed E-state index contributed by atoms with van der Waals surface area (Å²) in [5, 5.41) is 3.72. The van der Waals surface area contributed by atoms with Crippen LogP contribution in [-0.2, 0) is 16.1 Å². The standard InChI is InChI=1S/C25H31BrCl2N2O3/c1-5-6-11-29-25(32)17(4)30(14-18-7-9-21(27)22(28)12-18)24(31)15-33-23-10-8-19(16(2)3)13-20(23)26/h7-10,12-13,16-17H,5-6,11,14-15H2,1-4H3,(H,29,32)/t17-/m1/s1. The zero-order valence-corrected chi connectivity index (χ0v) is 22.6. The lowest BCUT2D eigenvalue weighted by molar-refractivity contribution is -0.142. The van der Waals surface area contributed by atoms with E-state index in [1.54, 1.807) is 25.1 Å². The Morgan fingerprint density at radius 1 is 1.09 bits per heavy atom. The van der Waals surface area contributed by atoms with E-state index in [1.165, 1.54) is 10.5 Å². The number of carbonyl (C=O) groups is 2. The molecule has 0 spiro atoms. The number of hydrogen-bond donors (Lipinski definition) is 1. The Balaban J connectivity index is 2.17. The van der Waals surface area contributed by atoms with Gasteiger partial charge in [0.05, 0.1) is 14.5 Å². The summed E-state index contributed by atoms with van der Waals surface area (Å²) in [7, 11) is 0. The smallest absolute Gasteiger partial charge is 0.261 e. The summed E-state index contributed by atoms with van der Waals surface area (Å²) in [5.74, 6) is 0.436. The van der Waals surface area contributed by atoms with Gasteiger partial charge in [0.15, 0.2) is 6.61 Å². The summed E-state index contributed by atoms with van der Waals surface area (Å²) < 4.78 is 6.59. The predicted molar refractivity (Wildman–Crippen MR) is 138 cm³/mol. The zero-order valence-electron chi connectivity index (χ0n) is 19.5. The van der Waals surface area contributed by atoms with Crippen molar-refractivity contribution in [1.82, 2.24) is 10.2 Å². The second-order valence-corrected chi connectivity index (χ2v) is 9.89. The maximum Gasteiger partial charge on any atom is 0.261 e. The van der Waals surface area contributed by atoms with Gasteiger partial charge in [0.2, 0.25) is 5.91 Å². The van der Waals surface area contributed by atoms with E-state index in [0.717, 1.165) is 22.9 Å². The SMILES string of the molecule is CCCCNC(=O)[C@@H](C)N(Cc1ccc(Cl)c(Cl)c1)C(=O)COc1ccc(C(C)C)cc1Br. The third-order valence-corrected chi connectivity index (χ3v) is 6.67. The normalized spacial score (nSPS) is 11.9. The molecule has 0 heterocycles. The molecule has 5 nitrogen and oxygen atoms in total. The largest absolute Gasteiger partial charge is 0.483 e. The van der Waals surface area contributed by atoms with Crippen LogP contribution >= 0.6 is 39.1 Å². The quantitative estimate of drug-likeness (QED) is 0.317. The van der Waals surface area contributed by atoms with E-state index in [0.29, 0.717) is 28.3 Å². The summed E-state index contributed by atoms with van der Waals surface area (Å²) in [6.45, 7) is 8.56. The number of nitrogens with zero attached hydrogens (tertiary/aromatic N) is 1. The highest BCUT2D eigenvalue weighted by molar-refractivity contribution is 9.10. The third-order valence-electron chi connectivity index (χ3n) is 5.31. The van der Waals surface area contributed by atoms with Gasteiger partial charge in [0, 0.05) is 13.1 Å². The van der Waals surface area contributed by atoms with Gasteiger partial charge >= 0.3 is 0 Å². The van der Waals surface area contributed by atoms with E-state index >= 15 is 0 Å². The number of unbranched alkanes of at least 4 members (excludes halogenated alkanes) is 1. The Morgan fingerprint density at radius 3 is 2.42 bits per heavy atom. The molecule has 0 aliphatic carbocycles. The Hall–Kier alpha value is -1.76. The molecule has 0 aliphatic heterocycles. The van der Waals surface area contributed by atoms with Crippen molar-refractivity contribution in [2.24, 2.45) is 0 Å². The number of rotatable bonds is 11. The molecular weight excluding hydrogens is 527 g/mol. The molecule has 0 aromatic heterocycles. The van der Waals surface area contributed by atoms with Crippen molar-refractivity contribution >= 4 is 50.9 Å². The fraction of sp³-hybridized carbons (Fsp3) is 0.440. The van der Waals surface area contributed by atoms with Crippen LogP contribution in [0.15, 0.2) is 40.9 Å². The van der Waals surface area contributed by atoms with Crippen LogP contribution in [0.4, 0.5) is 0 Å².